The van der Waals surface area contributed by atoms with Gasteiger partial charge in [-0.1, -0.05) is 41.4 Å². The quantitative estimate of drug-likeness (QED) is 0.783. The minimum atomic E-state index is -0.194. The number of benzene rings is 1. The molecular formula is C14H20BrClN2O2. The zero-order chi connectivity index (χ0) is 15.1. The molecule has 0 aliphatic carbocycles. The number of rotatable bonds is 7. The van der Waals surface area contributed by atoms with E-state index in [1.54, 1.807) is 18.2 Å². The van der Waals surface area contributed by atoms with Crippen molar-refractivity contribution in [1.29, 1.82) is 0 Å². The number of hydrogen-bond donors (Lipinski definition) is 2. The molecule has 6 heteroatoms. The topological polar surface area (TPSA) is 64.3 Å². The molecule has 0 aromatic heterocycles. The molecule has 1 unspecified atom stereocenters. The van der Waals surface area contributed by atoms with Gasteiger partial charge in [0, 0.05) is 17.1 Å². The Labute approximate surface area is 133 Å². The Bertz CT molecular complexity index is 455. The van der Waals surface area contributed by atoms with Gasteiger partial charge in [-0.05, 0) is 30.5 Å². The Hall–Kier alpha value is -0.780. The average molecular weight is 364 g/mol. The Kier molecular flexibility index (Phi) is 7.34. The summed E-state index contributed by atoms with van der Waals surface area (Å²) in [6, 6.07) is 5.22. The van der Waals surface area contributed by atoms with Crippen molar-refractivity contribution in [3.63, 3.8) is 0 Å². The summed E-state index contributed by atoms with van der Waals surface area (Å²) in [7, 11) is 0. The molecule has 20 heavy (non-hydrogen) atoms. The Balaban J connectivity index is 2.46. The van der Waals surface area contributed by atoms with Crippen molar-refractivity contribution in [2.24, 2.45) is 11.7 Å². The number of ether oxygens (including phenoxy) is 1. The first kappa shape index (κ1) is 17.3. The summed E-state index contributed by atoms with van der Waals surface area (Å²) in [6.45, 7) is 4.53. The number of halogens is 2. The molecule has 0 bridgehead atoms. The zero-order valence-electron chi connectivity index (χ0n) is 11.7. The van der Waals surface area contributed by atoms with Gasteiger partial charge in [-0.25, -0.2) is 0 Å². The second kappa shape index (κ2) is 8.49. The largest absolute Gasteiger partial charge is 0.482 e. The molecular weight excluding hydrogens is 344 g/mol. The summed E-state index contributed by atoms with van der Waals surface area (Å²) < 4.78 is 6.26. The third-order valence-corrected chi connectivity index (χ3v) is 3.45. The minimum absolute atomic E-state index is 0.0218. The maximum absolute atomic E-state index is 11.8. The van der Waals surface area contributed by atoms with E-state index in [1.165, 1.54) is 0 Å². The molecule has 1 aromatic rings. The zero-order valence-corrected chi connectivity index (χ0v) is 14.0. The Morgan fingerprint density at radius 3 is 2.75 bits per heavy atom. The summed E-state index contributed by atoms with van der Waals surface area (Å²) in [5.74, 6) is 0.768. The van der Waals surface area contributed by atoms with E-state index >= 15 is 0 Å². The van der Waals surface area contributed by atoms with Crippen LogP contribution in [0.15, 0.2) is 22.7 Å². The van der Waals surface area contributed by atoms with Crippen LogP contribution in [-0.2, 0) is 4.79 Å². The van der Waals surface area contributed by atoms with Gasteiger partial charge in [0.1, 0.15) is 5.75 Å². The van der Waals surface area contributed by atoms with Gasteiger partial charge in [0.15, 0.2) is 6.61 Å². The summed E-state index contributed by atoms with van der Waals surface area (Å²) >= 11 is 9.32. The molecule has 0 saturated carbocycles. The third kappa shape index (κ3) is 6.11. The van der Waals surface area contributed by atoms with Crippen LogP contribution in [0.25, 0.3) is 0 Å². The molecule has 3 N–H and O–H groups in total. The maximum Gasteiger partial charge on any atom is 0.258 e. The molecule has 0 saturated heterocycles. The summed E-state index contributed by atoms with van der Waals surface area (Å²) in [5.41, 5.74) is 5.64. The highest BCUT2D eigenvalue weighted by atomic mass is 79.9. The third-order valence-electron chi connectivity index (χ3n) is 2.66. The van der Waals surface area contributed by atoms with Crippen molar-refractivity contribution in [2.45, 2.75) is 26.3 Å². The molecule has 4 nitrogen and oxygen atoms in total. The predicted octanol–water partition coefficient (Wildman–Crippen LogP) is 2.97. The maximum atomic E-state index is 11.8. The number of nitrogens with two attached hydrogens (primary N) is 1. The minimum Gasteiger partial charge on any atom is -0.482 e. The van der Waals surface area contributed by atoms with Gasteiger partial charge in [-0.2, -0.15) is 0 Å². The van der Waals surface area contributed by atoms with Gasteiger partial charge in [0.25, 0.3) is 5.91 Å². The van der Waals surface area contributed by atoms with Crippen LogP contribution in [0.1, 0.15) is 20.3 Å². The first-order chi connectivity index (χ1) is 9.42. The van der Waals surface area contributed by atoms with Crippen molar-refractivity contribution in [3.8, 4) is 5.75 Å². The molecule has 112 valence electrons. The molecule has 0 spiro atoms. The van der Waals surface area contributed by atoms with Gasteiger partial charge in [-0.3, -0.25) is 4.79 Å². The van der Waals surface area contributed by atoms with Crippen LogP contribution in [0.2, 0.25) is 5.02 Å². The molecule has 1 aromatic carbocycles. The second-order valence-electron chi connectivity index (χ2n) is 4.99. The first-order valence-electron chi connectivity index (χ1n) is 6.49. The van der Waals surface area contributed by atoms with E-state index in [1.807, 2.05) is 0 Å². The number of nitrogens with one attached hydrogen (secondary N) is 1. The normalized spacial score (nSPS) is 12.3. The highest BCUT2D eigenvalue weighted by Gasteiger charge is 2.13. The van der Waals surface area contributed by atoms with Crippen molar-refractivity contribution >= 4 is 33.4 Å². The van der Waals surface area contributed by atoms with E-state index in [9.17, 15) is 4.79 Å². The van der Waals surface area contributed by atoms with Crippen LogP contribution in [0, 0.1) is 5.92 Å². The standard InChI is InChI=1S/C14H20BrClN2O2/c1-9(2)5-11(7-17)18-14(19)8-20-13-4-3-10(15)6-12(13)16/h3-4,6,9,11H,5,7-8,17H2,1-2H3,(H,18,19). The van der Waals surface area contributed by atoms with Crippen LogP contribution in [-0.4, -0.2) is 25.1 Å². The lowest BCUT2D eigenvalue weighted by molar-refractivity contribution is -0.123. The van der Waals surface area contributed by atoms with E-state index in [2.05, 4.69) is 35.1 Å². The Morgan fingerprint density at radius 1 is 1.50 bits per heavy atom. The van der Waals surface area contributed by atoms with Gasteiger partial charge < -0.3 is 15.8 Å². The lowest BCUT2D eigenvalue weighted by Gasteiger charge is -2.19. The van der Waals surface area contributed by atoms with Crippen LogP contribution < -0.4 is 15.8 Å². The SMILES string of the molecule is CC(C)CC(CN)NC(=O)COc1ccc(Br)cc1Cl. The van der Waals surface area contributed by atoms with Crippen LogP contribution in [0.4, 0.5) is 0 Å². The molecule has 0 radical (unpaired) electrons. The molecule has 1 amide bonds. The van der Waals surface area contributed by atoms with Crippen molar-refractivity contribution in [3.05, 3.63) is 27.7 Å². The lowest BCUT2D eigenvalue weighted by atomic mass is 10.0. The van der Waals surface area contributed by atoms with Crippen molar-refractivity contribution in [2.75, 3.05) is 13.2 Å². The fraction of sp³-hybridized carbons (Fsp3) is 0.500. The predicted molar refractivity (Wildman–Crippen MR) is 85.1 cm³/mol. The van der Waals surface area contributed by atoms with Gasteiger partial charge >= 0.3 is 0 Å². The first-order valence-corrected chi connectivity index (χ1v) is 7.66. The molecule has 1 atom stereocenters. The van der Waals surface area contributed by atoms with E-state index in [-0.39, 0.29) is 18.6 Å². The molecule has 0 aliphatic heterocycles. The fourth-order valence-electron chi connectivity index (χ4n) is 1.79. The lowest BCUT2D eigenvalue weighted by Crippen LogP contribution is -2.43. The second-order valence-corrected chi connectivity index (χ2v) is 6.32. The summed E-state index contributed by atoms with van der Waals surface area (Å²) in [6.07, 6.45) is 0.848. The van der Waals surface area contributed by atoms with Gasteiger partial charge in [-0.15, -0.1) is 0 Å². The summed E-state index contributed by atoms with van der Waals surface area (Å²) in [5, 5.41) is 3.32. The van der Waals surface area contributed by atoms with Crippen molar-refractivity contribution < 1.29 is 9.53 Å². The highest BCUT2D eigenvalue weighted by molar-refractivity contribution is 9.10. The smallest absolute Gasteiger partial charge is 0.258 e. The fourth-order valence-corrected chi connectivity index (χ4v) is 2.52. The van der Waals surface area contributed by atoms with Crippen LogP contribution >= 0.6 is 27.5 Å². The number of carbonyl (C=O) groups is 1. The molecule has 0 aliphatic rings. The highest BCUT2D eigenvalue weighted by Crippen LogP contribution is 2.27. The Morgan fingerprint density at radius 2 is 2.20 bits per heavy atom. The molecule has 0 heterocycles. The average Bonchev–Trinajstić information content (AvgIpc) is 2.36. The van der Waals surface area contributed by atoms with Crippen LogP contribution in [0.5, 0.6) is 5.75 Å². The number of carbonyl (C=O) groups excluding carboxylic acids is 1. The molecule has 0 fully saturated rings. The summed E-state index contributed by atoms with van der Waals surface area (Å²) in [4.78, 5) is 11.8. The van der Waals surface area contributed by atoms with E-state index in [0.717, 1.165) is 10.9 Å². The van der Waals surface area contributed by atoms with E-state index in [4.69, 9.17) is 22.1 Å². The monoisotopic (exact) mass is 362 g/mol. The van der Waals surface area contributed by atoms with Gasteiger partial charge in [0.05, 0.1) is 5.02 Å². The van der Waals surface area contributed by atoms with Gasteiger partial charge in [0.2, 0.25) is 0 Å². The number of amides is 1. The van der Waals surface area contributed by atoms with Crippen molar-refractivity contribution in [1.82, 2.24) is 5.32 Å². The van der Waals surface area contributed by atoms with E-state index in [0.29, 0.717) is 23.2 Å². The molecule has 1 rings (SSSR count). The van der Waals surface area contributed by atoms with E-state index < -0.39 is 0 Å². The number of hydrogen-bond acceptors (Lipinski definition) is 3. The van der Waals surface area contributed by atoms with Crippen LogP contribution in [0.3, 0.4) is 0 Å².